The zero-order valence-electron chi connectivity index (χ0n) is 15.2. The van der Waals surface area contributed by atoms with Crippen LogP contribution in [0.2, 0.25) is 0 Å². The van der Waals surface area contributed by atoms with Crippen molar-refractivity contribution in [2.75, 3.05) is 0 Å². The van der Waals surface area contributed by atoms with Gasteiger partial charge in [0.05, 0.1) is 5.56 Å². The summed E-state index contributed by atoms with van der Waals surface area (Å²) in [5, 5.41) is 9.47. The van der Waals surface area contributed by atoms with Crippen LogP contribution in [0, 0.1) is 0 Å². The van der Waals surface area contributed by atoms with E-state index in [1.165, 1.54) is 0 Å². The largest absolute Gasteiger partial charge is 0.508 e. The van der Waals surface area contributed by atoms with Crippen molar-refractivity contribution in [3.8, 4) is 11.5 Å². The van der Waals surface area contributed by atoms with E-state index >= 15 is 0 Å². The SMILES string of the molecule is CC(C)(c1ccc(O)cc1)c1ccc(OC(=O)c2ccc(C=O)cc2)cc1. The number of phenolic OH excluding ortho intramolecular Hbond substituents is 1. The summed E-state index contributed by atoms with van der Waals surface area (Å²) < 4.78 is 5.40. The quantitative estimate of drug-likeness (QED) is 0.405. The molecule has 3 aromatic carbocycles. The number of aromatic hydroxyl groups is 1. The molecule has 0 aliphatic carbocycles. The maximum absolute atomic E-state index is 12.2. The van der Waals surface area contributed by atoms with Gasteiger partial charge in [0.25, 0.3) is 0 Å². The Morgan fingerprint density at radius 2 is 1.37 bits per heavy atom. The van der Waals surface area contributed by atoms with E-state index in [-0.39, 0.29) is 11.2 Å². The van der Waals surface area contributed by atoms with E-state index in [1.807, 2.05) is 24.3 Å². The summed E-state index contributed by atoms with van der Waals surface area (Å²) in [4.78, 5) is 22.9. The molecule has 136 valence electrons. The number of hydrogen-bond acceptors (Lipinski definition) is 4. The van der Waals surface area contributed by atoms with Crippen LogP contribution in [0.5, 0.6) is 11.5 Å². The van der Waals surface area contributed by atoms with E-state index in [9.17, 15) is 14.7 Å². The van der Waals surface area contributed by atoms with Crippen molar-refractivity contribution in [2.24, 2.45) is 0 Å². The highest BCUT2D eigenvalue weighted by Crippen LogP contribution is 2.33. The van der Waals surface area contributed by atoms with Crippen LogP contribution in [0.4, 0.5) is 0 Å². The second kappa shape index (κ2) is 7.46. The molecule has 0 spiro atoms. The van der Waals surface area contributed by atoms with Crippen molar-refractivity contribution in [1.82, 2.24) is 0 Å². The molecule has 0 amide bonds. The lowest BCUT2D eigenvalue weighted by molar-refractivity contribution is 0.0734. The molecule has 0 aromatic heterocycles. The van der Waals surface area contributed by atoms with Crippen LogP contribution >= 0.6 is 0 Å². The first-order valence-electron chi connectivity index (χ1n) is 8.57. The second-order valence-corrected chi connectivity index (χ2v) is 6.83. The first-order valence-corrected chi connectivity index (χ1v) is 8.57. The number of hydrogen-bond donors (Lipinski definition) is 1. The Balaban J connectivity index is 1.75. The fraction of sp³-hybridized carbons (Fsp3) is 0.130. The number of ether oxygens (including phenoxy) is 1. The van der Waals surface area contributed by atoms with E-state index in [0.717, 1.165) is 17.4 Å². The van der Waals surface area contributed by atoms with Gasteiger partial charge in [0.15, 0.2) is 0 Å². The van der Waals surface area contributed by atoms with Gasteiger partial charge >= 0.3 is 5.97 Å². The Bertz CT molecular complexity index is 937. The van der Waals surface area contributed by atoms with Crippen LogP contribution in [-0.2, 0) is 5.41 Å². The first kappa shape index (κ1) is 18.4. The highest BCUT2D eigenvalue weighted by Gasteiger charge is 2.23. The predicted molar refractivity (Wildman–Crippen MR) is 103 cm³/mol. The molecule has 0 atom stereocenters. The Morgan fingerprint density at radius 1 is 0.852 bits per heavy atom. The maximum Gasteiger partial charge on any atom is 0.343 e. The summed E-state index contributed by atoms with van der Waals surface area (Å²) in [5.74, 6) is 0.209. The highest BCUT2D eigenvalue weighted by molar-refractivity contribution is 5.91. The maximum atomic E-state index is 12.2. The van der Waals surface area contributed by atoms with Crippen LogP contribution in [0.3, 0.4) is 0 Å². The zero-order valence-corrected chi connectivity index (χ0v) is 15.2. The molecule has 0 aliphatic rings. The lowest BCUT2D eigenvalue weighted by Crippen LogP contribution is -2.18. The molecular formula is C23H20O4. The van der Waals surface area contributed by atoms with Crippen LogP contribution in [0.15, 0.2) is 72.8 Å². The average Bonchev–Trinajstić information content (AvgIpc) is 2.69. The molecule has 0 bridgehead atoms. The van der Waals surface area contributed by atoms with Gasteiger partial charge in [0.1, 0.15) is 17.8 Å². The lowest BCUT2D eigenvalue weighted by Gasteiger charge is -2.26. The lowest BCUT2D eigenvalue weighted by atomic mass is 9.78. The summed E-state index contributed by atoms with van der Waals surface area (Å²) in [6.07, 6.45) is 0.726. The molecule has 4 heteroatoms. The third-order valence-corrected chi connectivity index (χ3v) is 4.66. The molecule has 3 aromatic rings. The van der Waals surface area contributed by atoms with Gasteiger partial charge in [0, 0.05) is 11.0 Å². The fourth-order valence-corrected chi connectivity index (χ4v) is 2.85. The minimum atomic E-state index is -0.474. The number of aldehydes is 1. The number of carbonyl (C=O) groups excluding carboxylic acids is 2. The third kappa shape index (κ3) is 4.06. The van der Waals surface area contributed by atoms with E-state index in [0.29, 0.717) is 16.9 Å². The molecule has 0 saturated heterocycles. The number of rotatable bonds is 5. The van der Waals surface area contributed by atoms with Crippen LogP contribution < -0.4 is 4.74 Å². The van der Waals surface area contributed by atoms with Crippen LogP contribution in [0.25, 0.3) is 0 Å². The molecule has 0 fully saturated rings. The predicted octanol–water partition coefficient (Wildman–Crippen LogP) is 4.75. The zero-order chi connectivity index (χ0) is 19.4. The summed E-state index contributed by atoms with van der Waals surface area (Å²) in [5.41, 5.74) is 2.76. The van der Waals surface area contributed by atoms with Gasteiger partial charge in [0.2, 0.25) is 0 Å². The molecule has 3 rings (SSSR count). The number of phenols is 1. The minimum Gasteiger partial charge on any atom is -0.508 e. The Hall–Kier alpha value is -3.40. The molecule has 0 saturated carbocycles. The molecular weight excluding hydrogens is 340 g/mol. The fourth-order valence-electron chi connectivity index (χ4n) is 2.85. The standard InChI is InChI=1S/C23H20O4/c1-23(2,18-7-11-20(25)12-8-18)19-9-13-21(14-10-19)27-22(26)17-5-3-16(15-24)4-6-17/h3-15,25H,1-2H3. The number of esters is 1. The van der Waals surface area contributed by atoms with E-state index in [1.54, 1.807) is 48.5 Å². The molecule has 4 nitrogen and oxygen atoms in total. The molecule has 0 radical (unpaired) electrons. The minimum absolute atomic E-state index is 0.234. The van der Waals surface area contributed by atoms with Crippen molar-refractivity contribution in [3.05, 3.63) is 95.1 Å². The molecule has 1 N–H and O–H groups in total. The molecule has 0 aliphatic heterocycles. The van der Waals surface area contributed by atoms with Crippen molar-refractivity contribution in [1.29, 1.82) is 0 Å². The van der Waals surface area contributed by atoms with Crippen molar-refractivity contribution in [3.63, 3.8) is 0 Å². The number of carbonyl (C=O) groups is 2. The van der Waals surface area contributed by atoms with Gasteiger partial charge in [-0.1, -0.05) is 50.2 Å². The Morgan fingerprint density at radius 3 is 1.89 bits per heavy atom. The summed E-state index contributed by atoms with van der Waals surface area (Å²) in [7, 11) is 0. The van der Waals surface area contributed by atoms with Gasteiger partial charge in [-0.3, -0.25) is 4.79 Å². The number of benzene rings is 3. The van der Waals surface area contributed by atoms with Gasteiger partial charge in [-0.2, -0.15) is 0 Å². The van der Waals surface area contributed by atoms with Crippen molar-refractivity contribution >= 4 is 12.3 Å². The summed E-state index contributed by atoms with van der Waals surface area (Å²) in [6.45, 7) is 4.18. The average molecular weight is 360 g/mol. The third-order valence-electron chi connectivity index (χ3n) is 4.66. The van der Waals surface area contributed by atoms with E-state index in [2.05, 4.69) is 13.8 Å². The Kier molecular flexibility index (Phi) is 5.08. The Labute approximate surface area is 158 Å². The molecule has 0 heterocycles. The molecule has 0 unspecified atom stereocenters. The summed E-state index contributed by atoms with van der Waals surface area (Å²) >= 11 is 0. The summed E-state index contributed by atoms with van der Waals surface area (Å²) in [6, 6.07) is 20.8. The topological polar surface area (TPSA) is 63.6 Å². The van der Waals surface area contributed by atoms with Gasteiger partial charge in [-0.05, 0) is 47.5 Å². The van der Waals surface area contributed by atoms with E-state index < -0.39 is 5.97 Å². The highest BCUT2D eigenvalue weighted by atomic mass is 16.5. The van der Waals surface area contributed by atoms with Crippen molar-refractivity contribution in [2.45, 2.75) is 19.3 Å². The van der Waals surface area contributed by atoms with Gasteiger partial charge in [-0.25, -0.2) is 4.79 Å². The normalized spacial score (nSPS) is 11.0. The molecule has 27 heavy (non-hydrogen) atoms. The van der Waals surface area contributed by atoms with Gasteiger partial charge < -0.3 is 9.84 Å². The van der Waals surface area contributed by atoms with Crippen LogP contribution in [0.1, 0.15) is 45.7 Å². The monoisotopic (exact) mass is 360 g/mol. The van der Waals surface area contributed by atoms with Crippen molar-refractivity contribution < 1.29 is 19.4 Å². The second-order valence-electron chi connectivity index (χ2n) is 6.83. The smallest absolute Gasteiger partial charge is 0.343 e. The van der Waals surface area contributed by atoms with Crippen LogP contribution in [-0.4, -0.2) is 17.4 Å². The van der Waals surface area contributed by atoms with Gasteiger partial charge in [-0.15, -0.1) is 0 Å². The first-order chi connectivity index (χ1) is 12.9. The van der Waals surface area contributed by atoms with E-state index in [4.69, 9.17) is 4.74 Å².